The molecule has 1 aliphatic rings. The van der Waals surface area contributed by atoms with Crippen LogP contribution in [0.4, 0.5) is 5.69 Å². The van der Waals surface area contributed by atoms with Gasteiger partial charge >= 0.3 is 0 Å². The first-order valence-electron chi connectivity index (χ1n) is 9.67. The zero-order valence-corrected chi connectivity index (χ0v) is 17.5. The smallest absolute Gasteiger partial charge is 0.227 e. The molecule has 1 fully saturated rings. The summed E-state index contributed by atoms with van der Waals surface area (Å²) in [6, 6.07) is 12.0. The lowest BCUT2D eigenvalue weighted by Crippen LogP contribution is -2.31. The third kappa shape index (κ3) is 5.20. The number of carbonyl (C=O) groups excluding carboxylic acids is 1. The molecule has 1 unspecified atom stereocenters. The van der Waals surface area contributed by atoms with E-state index in [4.69, 9.17) is 4.52 Å². The number of hydrogen-bond donors (Lipinski definition) is 1. The molecule has 1 amide bonds. The van der Waals surface area contributed by atoms with E-state index < -0.39 is 0 Å². The summed E-state index contributed by atoms with van der Waals surface area (Å²) in [6.07, 6.45) is 5.20. The minimum absolute atomic E-state index is 0.00651. The van der Waals surface area contributed by atoms with Gasteiger partial charge in [-0.1, -0.05) is 27.2 Å². The Kier molecular flexibility index (Phi) is 6.19. The molecule has 1 aromatic carbocycles. The Morgan fingerprint density at radius 3 is 3.07 bits per heavy atom. The number of aryl methyl sites for hydroxylation is 1. The second kappa shape index (κ2) is 9.17. The van der Waals surface area contributed by atoms with Gasteiger partial charge in [0, 0.05) is 60.6 Å². The molecule has 0 saturated carbocycles. The molecule has 1 aliphatic heterocycles. The van der Waals surface area contributed by atoms with Gasteiger partial charge in [0.1, 0.15) is 0 Å². The topological polar surface area (TPSA) is 84.1 Å². The van der Waals surface area contributed by atoms with Crippen LogP contribution in [0.5, 0.6) is 0 Å². The Morgan fingerprint density at radius 1 is 1.31 bits per heavy atom. The Morgan fingerprint density at radius 2 is 2.24 bits per heavy atom. The highest BCUT2D eigenvalue weighted by molar-refractivity contribution is 9.10. The lowest BCUT2D eigenvalue weighted by Gasteiger charge is -2.19. The quantitative estimate of drug-likeness (QED) is 0.586. The predicted molar refractivity (Wildman–Crippen MR) is 113 cm³/mol. The summed E-state index contributed by atoms with van der Waals surface area (Å²) >= 11 is 3.52. The van der Waals surface area contributed by atoms with Crippen molar-refractivity contribution in [2.75, 3.05) is 24.5 Å². The molecule has 3 heterocycles. The monoisotopic (exact) mass is 455 g/mol. The van der Waals surface area contributed by atoms with Crippen LogP contribution in [0.3, 0.4) is 0 Å². The number of anilines is 1. The lowest BCUT2D eigenvalue weighted by atomic mass is 10.1. The first-order chi connectivity index (χ1) is 14.2. The van der Waals surface area contributed by atoms with Crippen LogP contribution in [-0.2, 0) is 11.2 Å². The maximum Gasteiger partial charge on any atom is 0.227 e. The number of aromatic nitrogens is 3. The van der Waals surface area contributed by atoms with Gasteiger partial charge in [0.05, 0.1) is 0 Å². The van der Waals surface area contributed by atoms with Gasteiger partial charge in [-0.25, -0.2) is 0 Å². The van der Waals surface area contributed by atoms with Gasteiger partial charge < -0.3 is 14.7 Å². The van der Waals surface area contributed by atoms with Crippen molar-refractivity contribution >= 4 is 27.5 Å². The van der Waals surface area contributed by atoms with E-state index >= 15 is 0 Å². The first-order valence-corrected chi connectivity index (χ1v) is 10.5. The van der Waals surface area contributed by atoms with E-state index in [1.54, 1.807) is 12.4 Å². The summed E-state index contributed by atoms with van der Waals surface area (Å²) in [6.45, 7) is 2.65. The number of hydrogen-bond acceptors (Lipinski definition) is 6. The fourth-order valence-electron chi connectivity index (χ4n) is 3.44. The Balaban J connectivity index is 1.20. The van der Waals surface area contributed by atoms with Crippen LogP contribution in [0.25, 0.3) is 11.4 Å². The zero-order valence-electron chi connectivity index (χ0n) is 15.9. The molecule has 29 heavy (non-hydrogen) atoms. The highest BCUT2D eigenvalue weighted by Crippen LogP contribution is 2.26. The van der Waals surface area contributed by atoms with E-state index in [0.29, 0.717) is 37.0 Å². The van der Waals surface area contributed by atoms with Gasteiger partial charge in [-0.3, -0.25) is 9.78 Å². The van der Waals surface area contributed by atoms with E-state index in [9.17, 15) is 4.79 Å². The summed E-state index contributed by atoms with van der Waals surface area (Å²) in [5.41, 5.74) is 2.01. The van der Waals surface area contributed by atoms with E-state index in [1.807, 2.05) is 24.3 Å². The fraction of sp³-hybridized carbons (Fsp3) is 0.333. The molecule has 8 heteroatoms. The number of rotatable bonds is 7. The second-order valence-corrected chi connectivity index (χ2v) is 8.05. The minimum Gasteiger partial charge on any atom is -0.371 e. The van der Waals surface area contributed by atoms with E-state index in [1.165, 1.54) is 5.69 Å². The van der Waals surface area contributed by atoms with E-state index in [2.05, 4.69) is 53.4 Å². The molecule has 1 atom stereocenters. The van der Waals surface area contributed by atoms with Crippen LogP contribution in [0.15, 0.2) is 57.8 Å². The van der Waals surface area contributed by atoms with Crippen molar-refractivity contribution in [1.29, 1.82) is 0 Å². The third-order valence-electron chi connectivity index (χ3n) is 5.00. The predicted octanol–water partition coefficient (Wildman–Crippen LogP) is 3.47. The van der Waals surface area contributed by atoms with E-state index in [-0.39, 0.29) is 5.91 Å². The largest absolute Gasteiger partial charge is 0.371 e. The van der Waals surface area contributed by atoms with Crippen molar-refractivity contribution in [2.24, 2.45) is 5.92 Å². The molecule has 4 rings (SSSR count). The van der Waals surface area contributed by atoms with Crippen molar-refractivity contribution in [2.45, 2.75) is 19.3 Å². The molecule has 150 valence electrons. The SMILES string of the molecule is O=C(CCc1nc(-c2cccnc2)no1)NCC1CCN(c2cccc(Br)c2)C1. The van der Waals surface area contributed by atoms with Gasteiger partial charge in [0.15, 0.2) is 0 Å². The standard InChI is InChI=1S/C21H22BrN5O2/c22-17-4-1-5-18(11-17)27-10-8-15(14-27)12-24-19(28)6-7-20-25-21(26-29-20)16-3-2-9-23-13-16/h1-5,9,11,13,15H,6-8,10,12,14H2,(H,24,28). The summed E-state index contributed by atoms with van der Waals surface area (Å²) in [7, 11) is 0. The Bertz CT molecular complexity index is 962. The van der Waals surface area contributed by atoms with Crippen LogP contribution >= 0.6 is 15.9 Å². The molecule has 0 bridgehead atoms. The molecule has 0 radical (unpaired) electrons. The maximum absolute atomic E-state index is 12.2. The normalized spacial score (nSPS) is 16.2. The number of pyridine rings is 1. The molecule has 3 aromatic rings. The fourth-order valence-corrected chi connectivity index (χ4v) is 3.83. The van der Waals surface area contributed by atoms with Gasteiger partial charge in [0.2, 0.25) is 17.6 Å². The highest BCUT2D eigenvalue weighted by atomic mass is 79.9. The summed E-state index contributed by atoms with van der Waals surface area (Å²) in [4.78, 5) is 23.0. The van der Waals surface area contributed by atoms with Gasteiger partial charge in [-0.15, -0.1) is 0 Å². The third-order valence-corrected chi connectivity index (χ3v) is 5.49. The summed E-state index contributed by atoms with van der Waals surface area (Å²) in [5.74, 6) is 1.42. The zero-order chi connectivity index (χ0) is 20.1. The maximum atomic E-state index is 12.2. The minimum atomic E-state index is 0.00651. The molecule has 7 nitrogen and oxygen atoms in total. The second-order valence-electron chi connectivity index (χ2n) is 7.14. The number of nitrogens with one attached hydrogen (secondary N) is 1. The van der Waals surface area contributed by atoms with Crippen LogP contribution in [0.2, 0.25) is 0 Å². The average molecular weight is 456 g/mol. The number of amides is 1. The van der Waals surface area contributed by atoms with Crippen molar-refractivity contribution in [1.82, 2.24) is 20.4 Å². The Labute approximate surface area is 177 Å². The number of carbonyl (C=O) groups is 1. The van der Waals surface area contributed by atoms with Gasteiger partial charge in [-0.05, 0) is 42.7 Å². The van der Waals surface area contributed by atoms with Crippen LogP contribution in [-0.4, -0.2) is 40.7 Å². The molecule has 1 saturated heterocycles. The van der Waals surface area contributed by atoms with Crippen molar-refractivity contribution < 1.29 is 9.32 Å². The number of halogens is 1. The first kappa shape index (κ1) is 19.6. The lowest BCUT2D eigenvalue weighted by molar-refractivity contribution is -0.121. The van der Waals surface area contributed by atoms with Gasteiger partial charge in [0.25, 0.3) is 0 Å². The van der Waals surface area contributed by atoms with Crippen molar-refractivity contribution in [3.8, 4) is 11.4 Å². The molecule has 1 N–H and O–H groups in total. The van der Waals surface area contributed by atoms with E-state index in [0.717, 1.165) is 29.5 Å². The van der Waals surface area contributed by atoms with Crippen molar-refractivity contribution in [3.63, 3.8) is 0 Å². The number of nitrogens with zero attached hydrogens (tertiary/aromatic N) is 4. The van der Waals surface area contributed by atoms with Crippen LogP contribution < -0.4 is 10.2 Å². The highest BCUT2D eigenvalue weighted by Gasteiger charge is 2.23. The molecule has 0 aliphatic carbocycles. The Hall–Kier alpha value is -2.74. The average Bonchev–Trinajstić information content (AvgIpc) is 3.41. The molecular formula is C21H22BrN5O2. The van der Waals surface area contributed by atoms with Gasteiger partial charge in [-0.2, -0.15) is 4.98 Å². The molecular weight excluding hydrogens is 434 g/mol. The van der Waals surface area contributed by atoms with Crippen LogP contribution in [0, 0.1) is 5.92 Å². The summed E-state index contributed by atoms with van der Waals surface area (Å²) < 4.78 is 6.32. The molecule has 2 aromatic heterocycles. The number of benzene rings is 1. The van der Waals surface area contributed by atoms with Crippen LogP contribution in [0.1, 0.15) is 18.7 Å². The molecule has 0 spiro atoms. The van der Waals surface area contributed by atoms with Crippen molar-refractivity contribution in [3.05, 3.63) is 59.2 Å². The summed E-state index contributed by atoms with van der Waals surface area (Å²) in [5, 5.41) is 6.99.